The summed E-state index contributed by atoms with van der Waals surface area (Å²) in [6.45, 7) is 5.09. The van der Waals surface area contributed by atoms with Gasteiger partial charge < -0.3 is 19.3 Å². The van der Waals surface area contributed by atoms with Gasteiger partial charge in [0, 0.05) is 26.6 Å². The molecule has 0 saturated carbocycles. The van der Waals surface area contributed by atoms with Crippen molar-refractivity contribution in [3.63, 3.8) is 0 Å². The van der Waals surface area contributed by atoms with Gasteiger partial charge in [-0.3, -0.25) is 4.79 Å². The quantitative estimate of drug-likeness (QED) is 0.633. The summed E-state index contributed by atoms with van der Waals surface area (Å²) in [5.74, 6) is -0.550. The Kier molecular flexibility index (Phi) is 9.60. The predicted molar refractivity (Wildman–Crippen MR) is 92.9 cm³/mol. The fourth-order valence-electron chi connectivity index (χ4n) is 2.99. The van der Waals surface area contributed by atoms with E-state index in [-0.39, 0.29) is 30.5 Å². The van der Waals surface area contributed by atoms with E-state index >= 15 is 0 Å². The van der Waals surface area contributed by atoms with E-state index in [0.717, 1.165) is 5.56 Å². The van der Waals surface area contributed by atoms with Crippen molar-refractivity contribution < 1.29 is 24.1 Å². The van der Waals surface area contributed by atoms with Crippen molar-refractivity contribution in [2.75, 3.05) is 20.8 Å². The smallest absolute Gasteiger partial charge is 0.303 e. The summed E-state index contributed by atoms with van der Waals surface area (Å²) in [7, 11) is 3.33. The maximum atomic E-state index is 10.8. The van der Waals surface area contributed by atoms with Gasteiger partial charge in [0.2, 0.25) is 0 Å². The highest BCUT2D eigenvalue weighted by Crippen LogP contribution is 2.25. The Labute approximate surface area is 144 Å². The Morgan fingerprint density at radius 3 is 2.33 bits per heavy atom. The van der Waals surface area contributed by atoms with E-state index in [1.54, 1.807) is 14.2 Å². The number of aliphatic carboxylic acids is 1. The summed E-state index contributed by atoms with van der Waals surface area (Å²) in [4.78, 5) is 10.8. The van der Waals surface area contributed by atoms with E-state index in [0.29, 0.717) is 19.6 Å². The van der Waals surface area contributed by atoms with E-state index in [2.05, 4.69) is 6.92 Å². The fraction of sp³-hybridized carbons (Fsp3) is 0.632. The van der Waals surface area contributed by atoms with Crippen LogP contribution >= 0.6 is 0 Å². The lowest BCUT2D eigenvalue weighted by Gasteiger charge is -2.33. The van der Waals surface area contributed by atoms with Gasteiger partial charge in [0.25, 0.3) is 0 Å². The Morgan fingerprint density at radius 1 is 1.12 bits per heavy atom. The number of hydrogen-bond donors (Lipinski definition) is 1. The van der Waals surface area contributed by atoms with Crippen LogP contribution in [0.25, 0.3) is 0 Å². The van der Waals surface area contributed by atoms with Crippen molar-refractivity contribution in [3.05, 3.63) is 35.9 Å². The summed E-state index contributed by atoms with van der Waals surface area (Å²) >= 11 is 0. The summed E-state index contributed by atoms with van der Waals surface area (Å²) < 4.78 is 17.0. The van der Waals surface area contributed by atoms with Crippen molar-refractivity contribution in [1.29, 1.82) is 0 Å². The first kappa shape index (κ1) is 20.6. The molecule has 5 nitrogen and oxygen atoms in total. The highest BCUT2D eigenvalue weighted by atomic mass is 16.5. The van der Waals surface area contributed by atoms with E-state index in [9.17, 15) is 4.79 Å². The van der Waals surface area contributed by atoms with Crippen LogP contribution in [0.3, 0.4) is 0 Å². The lowest BCUT2D eigenvalue weighted by Crippen LogP contribution is -2.39. The molecule has 0 spiro atoms. The maximum Gasteiger partial charge on any atom is 0.303 e. The second-order valence-electron chi connectivity index (χ2n) is 6.24. The molecule has 4 unspecified atom stereocenters. The second kappa shape index (κ2) is 11.2. The van der Waals surface area contributed by atoms with Crippen LogP contribution in [0, 0.1) is 11.8 Å². The number of benzene rings is 1. The molecule has 0 aromatic heterocycles. The van der Waals surface area contributed by atoms with Crippen LogP contribution in [0.15, 0.2) is 30.3 Å². The average molecular weight is 338 g/mol. The average Bonchev–Trinajstić information content (AvgIpc) is 2.58. The molecular weight excluding hydrogens is 308 g/mol. The first-order valence-electron chi connectivity index (χ1n) is 8.38. The van der Waals surface area contributed by atoms with Crippen molar-refractivity contribution in [2.24, 2.45) is 11.8 Å². The van der Waals surface area contributed by atoms with Gasteiger partial charge in [0.1, 0.15) is 0 Å². The first-order chi connectivity index (χ1) is 11.5. The molecule has 24 heavy (non-hydrogen) atoms. The zero-order valence-corrected chi connectivity index (χ0v) is 15.1. The third-order valence-corrected chi connectivity index (χ3v) is 4.45. The minimum absolute atomic E-state index is 0.0744. The lowest BCUT2D eigenvalue weighted by molar-refractivity contribution is -0.137. The molecule has 4 atom stereocenters. The molecule has 0 saturated heterocycles. The SMILES string of the molecule is COC(COCc1ccccc1)C(C)C(OC)C(C)CCC(=O)O. The number of hydrogen-bond acceptors (Lipinski definition) is 4. The van der Waals surface area contributed by atoms with Crippen molar-refractivity contribution in [3.8, 4) is 0 Å². The van der Waals surface area contributed by atoms with Crippen LogP contribution in [0.1, 0.15) is 32.3 Å². The molecule has 0 fully saturated rings. The molecule has 0 aliphatic carbocycles. The molecule has 0 aliphatic rings. The minimum Gasteiger partial charge on any atom is -0.481 e. The molecule has 1 aromatic carbocycles. The summed E-state index contributed by atoms with van der Waals surface area (Å²) in [5, 5.41) is 8.85. The van der Waals surface area contributed by atoms with Crippen molar-refractivity contribution in [1.82, 2.24) is 0 Å². The normalized spacial score (nSPS) is 16.3. The molecule has 1 rings (SSSR count). The van der Waals surface area contributed by atoms with Gasteiger partial charge in [-0.15, -0.1) is 0 Å². The number of rotatable bonds is 12. The van der Waals surface area contributed by atoms with Gasteiger partial charge in [-0.25, -0.2) is 0 Å². The van der Waals surface area contributed by atoms with E-state index in [4.69, 9.17) is 19.3 Å². The van der Waals surface area contributed by atoms with Crippen LogP contribution in [-0.4, -0.2) is 44.1 Å². The number of carboxylic acid groups (broad SMARTS) is 1. The highest BCUT2D eigenvalue weighted by molar-refractivity contribution is 5.66. The third-order valence-electron chi connectivity index (χ3n) is 4.45. The highest BCUT2D eigenvalue weighted by Gasteiger charge is 2.30. The second-order valence-corrected chi connectivity index (χ2v) is 6.24. The van der Waals surface area contributed by atoms with Gasteiger partial charge in [-0.1, -0.05) is 44.2 Å². The molecule has 0 aliphatic heterocycles. The van der Waals surface area contributed by atoms with Gasteiger partial charge in [0.05, 0.1) is 25.4 Å². The van der Waals surface area contributed by atoms with Crippen molar-refractivity contribution >= 4 is 5.97 Å². The lowest BCUT2D eigenvalue weighted by atomic mass is 9.86. The topological polar surface area (TPSA) is 65.0 Å². The summed E-state index contributed by atoms with van der Waals surface area (Å²) in [6.07, 6.45) is 0.552. The predicted octanol–water partition coefficient (Wildman–Crippen LogP) is 3.37. The minimum atomic E-state index is -0.779. The Bertz CT molecular complexity index is 462. The van der Waals surface area contributed by atoms with Crippen LogP contribution in [-0.2, 0) is 25.6 Å². The molecular formula is C19H30O5. The first-order valence-corrected chi connectivity index (χ1v) is 8.38. The van der Waals surface area contributed by atoms with Crippen LogP contribution in [0.2, 0.25) is 0 Å². The Morgan fingerprint density at radius 2 is 1.79 bits per heavy atom. The molecule has 5 heteroatoms. The summed E-state index contributed by atoms with van der Waals surface area (Å²) in [6, 6.07) is 10.00. The molecule has 0 radical (unpaired) electrons. The van der Waals surface area contributed by atoms with Gasteiger partial charge in [0.15, 0.2) is 0 Å². The van der Waals surface area contributed by atoms with Crippen LogP contribution in [0.5, 0.6) is 0 Å². The molecule has 1 aromatic rings. The molecule has 0 bridgehead atoms. The standard InChI is InChI=1S/C19H30O5/c1-14(10-11-18(20)21)19(23-4)15(2)17(22-3)13-24-12-16-8-6-5-7-9-16/h5-9,14-15,17,19H,10-13H2,1-4H3,(H,20,21). The number of methoxy groups -OCH3 is 2. The maximum absolute atomic E-state index is 10.8. The molecule has 1 N–H and O–H groups in total. The summed E-state index contributed by atoms with van der Waals surface area (Å²) in [5.41, 5.74) is 1.12. The van der Waals surface area contributed by atoms with Crippen LogP contribution < -0.4 is 0 Å². The number of carbonyl (C=O) groups is 1. The van der Waals surface area contributed by atoms with E-state index in [1.807, 2.05) is 37.3 Å². The van der Waals surface area contributed by atoms with E-state index in [1.165, 1.54) is 0 Å². The Balaban J connectivity index is 2.52. The molecule has 0 amide bonds. The third kappa shape index (κ3) is 6.99. The van der Waals surface area contributed by atoms with E-state index < -0.39 is 5.97 Å². The molecule has 0 heterocycles. The van der Waals surface area contributed by atoms with Gasteiger partial charge in [-0.05, 0) is 17.9 Å². The largest absolute Gasteiger partial charge is 0.481 e. The monoisotopic (exact) mass is 338 g/mol. The number of carboxylic acids is 1. The van der Waals surface area contributed by atoms with Gasteiger partial charge >= 0.3 is 5.97 Å². The van der Waals surface area contributed by atoms with Crippen molar-refractivity contribution in [2.45, 2.75) is 45.5 Å². The zero-order valence-electron chi connectivity index (χ0n) is 15.1. The fourth-order valence-corrected chi connectivity index (χ4v) is 2.99. The van der Waals surface area contributed by atoms with Crippen LogP contribution in [0.4, 0.5) is 0 Å². The Hall–Kier alpha value is -1.43. The molecule has 136 valence electrons. The van der Waals surface area contributed by atoms with Gasteiger partial charge in [-0.2, -0.15) is 0 Å². The number of ether oxygens (including phenoxy) is 3. The zero-order chi connectivity index (χ0) is 17.9.